The van der Waals surface area contributed by atoms with Gasteiger partial charge in [0.2, 0.25) is 0 Å². The second-order valence-corrected chi connectivity index (χ2v) is 6.16. The van der Waals surface area contributed by atoms with Crippen LogP contribution in [0.2, 0.25) is 0 Å². The Morgan fingerprint density at radius 2 is 1.89 bits per heavy atom. The molecule has 0 saturated carbocycles. The molecule has 0 amide bonds. The highest BCUT2D eigenvalue weighted by Gasteiger charge is 2.20. The van der Waals surface area contributed by atoms with Gasteiger partial charge < -0.3 is 0 Å². The molecule has 0 bridgehead atoms. The first-order valence-corrected chi connectivity index (χ1v) is 6.96. The van der Waals surface area contributed by atoms with E-state index in [-0.39, 0.29) is 9.21 Å². The number of aromatic nitrogens is 1. The number of pyridine rings is 1. The van der Waals surface area contributed by atoms with Crippen LogP contribution in [-0.2, 0) is 10.0 Å². The Balaban J connectivity index is 2.28. The molecule has 0 radical (unpaired) electrons. The maximum Gasteiger partial charge on any atom is 0.325 e. The van der Waals surface area contributed by atoms with E-state index in [4.69, 9.17) is 0 Å². The molecule has 2 rings (SSSR count). The molecule has 0 aromatic carbocycles. The van der Waals surface area contributed by atoms with Gasteiger partial charge in [-0.15, -0.1) is 0 Å². The molecular formula is C9H7N3O4S2. The van der Waals surface area contributed by atoms with Gasteiger partial charge in [0, 0.05) is 18.5 Å². The van der Waals surface area contributed by atoms with Crippen LogP contribution in [0.5, 0.6) is 0 Å². The zero-order chi connectivity index (χ0) is 13.2. The summed E-state index contributed by atoms with van der Waals surface area (Å²) in [5.41, 5.74) is 0.348. The van der Waals surface area contributed by atoms with Crippen LogP contribution in [0.25, 0.3) is 0 Å². The zero-order valence-electron chi connectivity index (χ0n) is 8.81. The first-order chi connectivity index (χ1) is 8.49. The summed E-state index contributed by atoms with van der Waals surface area (Å²) in [6.45, 7) is 0. The summed E-state index contributed by atoms with van der Waals surface area (Å²) in [6, 6.07) is 5.33. The van der Waals surface area contributed by atoms with Crippen molar-refractivity contribution in [3.63, 3.8) is 0 Å². The van der Waals surface area contributed by atoms with Crippen molar-refractivity contribution >= 4 is 32.0 Å². The quantitative estimate of drug-likeness (QED) is 0.682. The Morgan fingerprint density at radius 1 is 1.22 bits per heavy atom. The van der Waals surface area contributed by atoms with Gasteiger partial charge in [0.25, 0.3) is 10.0 Å². The minimum atomic E-state index is -3.79. The van der Waals surface area contributed by atoms with Gasteiger partial charge in [-0.2, -0.15) is 0 Å². The lowest BCUT2D eigenvalue weighted by molar-refractivity contribution is -0.380. The molecule has 0 saturated heterocycles. The minimum absolute atomic E-state index is 0.106. The zero-order valence-corrected chi connectivity index (χ0v) is 10.4. The fraction of sp³-hybridized carbons (Fsp3) is 0. The van der Waals surface area contributed by atoms with Crippen LogP contribution < -0.4 is 4.72 Å². The number of nitro groups is 1. The van der Waals surface area contributed by atoms with Crippen molar-refractivity contribution in [3.05, 3.63) is 46.8 Å². The fourth-order valence-corrected chi connectivity index (χ4v) is 3.35. The average molecular weight is 285 g/mol. The van der Waals surface area contributed by atoms with E-state index in [1.807, 2.05) is 0 Å². The maximum atomic E-state index is 11.9. The predicted octanol–water partition coefficient (Wildman–Crippen LogP) is 1.85. The highest BCUT2D eigenvalue weighted by Crippen LogP contribution is 2.28. The van der Waals surface area contributed by atoms with Crippen molar-refractivity contribution in [2.45, 2.75) is 4.21 Å². The van der Waals surface area contributed by atoms with Gasteiger partial charge in [-0.25, -0.2) is 8.42 Å². The molecule has 2 aromatic rings. The lowest BCUT2D eigenvalue weighted by atomic mass is 10.4. The van der Waals surface area contributed by atoms with Crippen LogP contribution in [0.15, 0.2) is 40.9 Å². The summed E-state index contributed by atoms with van der Waals surface area (Å²) in [4.78, 5) is 13.6. The predicted molar refractivity (Wildman–Crippen MR) is 66.0 cm³/mol. The molecule has 0 aliphatic rings. The monoisotopic (exact) mass is 285 g/mol. The van der Waals surface area contributed by atoms with Crippen molar-refractivity contribution in [2.75, 3.05) is 4.72 Å². The highest BCUT2D eigenvalue weighted by atomic mass is 32.2. The topological polar surface area (TPSA) is 102 Å². The lowest BCUT2D eigenvalue weighted by Crippen LogP contribution is -2.11. The number of nitrogens with zero attached hydrogens (tertiary/aromatic N) is 2. The van der Waals surface area contributed by atoms with E-state index in [9.17, 15) is 18.5 Å². The second-order valence-electron chi connectivity index (χ2n) is 3.19. The maximum absolute atomic E-state index is 11.9. The molecule has 2 heterocycles. The van der Waals surface area contributed by atoms with Gasteiger partial charge >= 0.3 is 5.00 Å². The van der Waals surface area contributed by atoms with E-state index in [1.54, 1.807) is 0 Å². The van der Waals surface area contributed by atoms with Crippen molar-refractivity contribution in [2.24, 2.45) is 0 Å². The fourth-order valence-electron chi connectivity index (χ4n) is 1.18. The number of thiophene rings is 1. The molecular weight excluding hydrogens is 278 g/mol. The first kappa shape index (κ1) is 12.5. The molecule has 1 N–H and O–H groups in total. The Bertz CT molecular complexity index is 666. The lowest BCUT2D eigenvalue weighted by Gasteiger charge is -2.04. The number of rotatable bonds is 4. The number of nitrogens with one attached hydrogen (secondary N) is 1. The summed E-state index contributed by atoms with van der Waals surface area (Å²) in [6.07, 6.45) is 2.88. The molecule has 9 heteroatoms. The van der Waals surface area contributed by atoms with E-state index < -0.39 is 14.9 Å². The molecule has 7 nitrogen and oxygen atoms in total. The summed E-state index contributed by atoms with van der Waals surface area (Å²) in [7, 11) is -3.79. The largest absolute Gasteiger partial charge is 0.325 e. The number of hydrogen-bond donors (Lipinski definition) is 1. The Morgan fingerprint density at radius 3 is 2.44 bits per heavy atom. The Kier molecular flexibility index (Phi) is 3.26. The van der Waals surface area contributed by atoms with Crippen LogP contribution in [0.4, 0.5) is 10.7 Å². The summed E-state index contributed by atoms with van der Waals surface area (Å²) in [5.74, 6) is 0. The first-order valence-electron chi connectivity index (χ1n) is 4.66. The molecule has 94 valence electrons. The van der Waals surface area contributed by atoms with Gasteiger partial charge in [-0.3, -0.25) is 19.8 Å². The summed E-state index contributed by atoms with van der Waals surface area (Å²) in [5, 5.41) is 10.3. The average Bonchev–Trinajstić information content (AvgIpc) is 2.79. The van der Waals surface area contributed by atoms with Crippen LogP contribution >= 0.6 is 11.3 Å². The standard InChI is InChI=1S/C9H7N3O4S2/c13-12(14)8-1-2-9(17-8)18(15,16)11-7-3-5-10-6-4-7/h1-6H,(H,10,11). The van der Waals surface area contributed by atoms with Gasteiger partial charge in [0.15, 0.2) is 0 Å². The van der Waals surface area contributed by atoms with E-state index in [1.165, 1.54) is 30.6 Å². The smallest absolute Gasteiger partial charge is 0.279 e. The van der Waals surface area contributed by atoms with Crippen molar-refractivity contribution < 1.29 is 13.3 Å². The van der Waals surface area contributed by atoms with Gasteiger partial charge in [-0.1, -0.05) is 0 Å². The van der Waals surface area contributed by atoms with Gasteiger partial charge in [-0.05, 0) is 29.5 Å². The van der Waals surface area contributed by atoms with Gasteiger partial charge in [0.05, 0.1) is 10.6 Å². The summed E-state index contributed by atoms with van der Waals surface area (Å²) < 4.78 is 26.0. The van der Waals surface area contributed by atoms with E-state index in [0.717, 1.165) is 6.07 Å². The molecule has 2 aromatic heterocycles. The summed E-state index contributed by atoms with van der Waals surface area (Å²) >= 11 is 0.602. The van der Waals surface area contributed by atoms with Crippen LogP contribution in [0, 0.1) is 10.1 Å². The van der Waals surface area contributed by atoms with Crippen LogP contribution in [0.1, 0.15) is 0 Å². The molecule has 0 aliphatic carbocycles. The molecule has 0 atom stereocenters. The van der Waals surface area contributed by atoms with Crippen molar-refractivity contribution in [1.29, 1.82) is 0 Å². The van der Waals surface area contributed by atoms with E-state index in [0.29, 0.717) is 17.0 Å². The third-order valence-corrected chi connectivity index (χ3v) is 4.85. The molecule has 0 unspecified atom stereocenters. The van der Waals surface area contributed by atoms with Gasteiger partial charge in [0.1, 0.15) is 4.21 Å². The molecule has 0 spiro atoms. The van der Waals surface area contributed by atoms with Crippen LogP contribution in [-0.4, -0.2) is 18.3 Å². The molecule has 18 heavy (non-hydrogen) atoms. The number of hydrogen-bond acceptors (Lipinski definition) is 6. The van der Waals surface area contributed by atoms with E-state index in [2.05, 4.69) is 9.71 Å². The SMILES string of the molecule is O=[N+]([O-])c1ccc(S(=O)(=O)Nc2ccncc2)s1. The van der Waals surface area contributed by atoms with Crippen molar-refractivity contribution in [3.8, 4) is 0 Å². The Labute approximate surface area is 106 Å². The van der Waals surface area contributed by atoms with E-state index >= 15 is 0 Å². The normalized spacial score (nSPS) is 11.1. The third kappa shape index (κ3) is 2.63. The number of sulfonamides is 1. The molecule has 0 fully saturated rings. The van der Waals surface area contributed by atoms with Crippen LogP contribution in [0.3, 0.4) is 0 Å². The number of anilines is 1. The third-order valence-electron chi connectivity index (χ3n) is 1.94. The second kappa shape index (κ2) is 4.70. The Hall–Kier alpha value is -2.00. The minimum Gasteiger partial charge on any atom is -0.279 e. The molecule has 0 aliphatic heterocycles. The highest BCUT2D eigenvalue weighted by molar-refractivity contribution is 7.94. The van der Waals surface area contributed by atoms with Crippen molar-refractivity contribution in [1.82, 2.24) is 4.98 Å².